The Bertz CT molecular complexity index is 669. The first-order valence-electron chi connectivity index (χ1n) is 6.07. The molecule has 0 spiro atoms. The molecule has 0 bridgehead atoms. The van der Waals surface area contributed by atoms with E-state index in [-0.39, 0.29) is 6.54 Å². The van der Waals surface area contributed by atoms with Crippen LogP contribution in [-0.4, -0.2) is 20.4 Å². The zero-order chi connectivity index (χ0) is 14.8. The van der Waals surface area contributed by atoms with Gasteiger partial charge < -0.3 is 9.73 Å². The molecule has 2 aromatic heterocycles. The van der Waals surface area contributed by atoms with Gasteiger partial charge >= 0.3 is 0 Å². The molecule has 0 aliphatic carbocycles. The standard InChI is InChI=1S/C12H17N3O3S2/c1-8-9(2)18-12(15-8)7-14-20(16,17)11-4-5-19-10(11)6-13-3/h4-5,13-14H,6-7H2,1-3H3. The molecule has 2 aromatic rings. The van der Waals surface area contributed by atoms with Gasteiger partial charge in [0.25, 0.3) is 0 Å². The van der Waals surface area contributed by atoms with Crippen LogP contribution in [0.1, 0.15) is 22.2 Å². The molecule has 0 aromatic carbocycles. The van der Waals surface area contributed by atoms with Crippen LogP contribution in [0.2, 0.25) is 0 Å². The summed E-state index contributed by atoms with van der Waals surface area (Å²) in [4.78, 5) is 5.23. The third-order valence-corrected chi connectivity index (χ3v) is 5.35. The summed E-state index contributed by atoms with van der Waals surface area (Å²) < 4.78 is 32.4. The van der Waals surface area contributed by atoms with Crippen molar-refractivity contribution in [1.29, 1.82) is 0 Å². The minimum Gasteiger partial charge on any atom is -0.444 e. The number of aromatic nitrogens is 1. The van der Waals surface area contributed by atoms with Crippen molar-refractivity contribution in [3.63, 3.8) is 0 Å². The first-order valence-corrected chi connectivity index (χ1v) is 8.44. The summed E-state index contributed by atoms with van der Waals surface area (Å²) in [5.74, 6) is 1.07. The maximum Gasteiger partial charge on any atom is 0.242 e. The van der Waals surface area contributed by atoms with Crippen LogP contribution in [0, 0.1) is 13.8 Å². The van der Waals surface area contributed by atoms with E-state index in [9.17, 15) is 8.42 Å². The number of nitrogens with one attached hydrogen (secondary N) is 2. The Morgan fingerprint density at radius 1 is 1.35 bits per heavy atom. The van der Waals surface area contributed by atoms with Crippen molar-refractivity contribution in [2.45, 2.75) is 31.8 Å². The fourth-order valence-corrected chi connectivity index (χ4v) is 4.13. The average Bonchev–Trinajstić information content (AvgIpc) is 2.96. The summed E-state index contributed by atoms with van der Waals surface area (Å²) in [6, 6.07) is 1.60. The minimum atomic E-state index is -3.55. The summed E-state index contributed by atoms with van der Waals surface area (Å²) in [6.45, 7) is 4.18. The number of hydrogen-bond acceptors (Lipinski definition) is 6. The van der Waals surface area contributed by atoms with Gasteiger partial charge in [0.2, 0.25) is 15.9 Å². The summed E-state index contributed by atoms with van der Waals surface area (Å²) in [7, 11) is -1.77. The second kappa shape index (κ2) is 6.04. The van der Waals surface area contributed by atoms with E-state index in [0.29, 0.717) is 23.1 Å². The Hall–Kier alpha value is -1.22. The number of oxazole rings is 1. The normalized spacial score (nSPS) is 11.9. The lowest BCUT2D eigenvalue weighted by Gasteiger charge is -2.06. The lowest BCUT2D eigenvalue weighted by atomic mass is 10.4. The molecule has 0 radical (unpaired) electrons. The summed E-state index contributed by atoms with van der Waals surface area (Å²) in [6.07, 6.45) is 0. The number of nitrogens with zero attached hydrogens (tertiary/aromatic N) is 1. The van der Waals surface area contributed by atoms with Crippen LogP contribution in [-0.2, 0) is 23.1 Å². The molecule has 20 heavy (non-hydrogen) atoms. The Labute approximate surface area is 122 Å². The van der Waals surface area contributed by atoms with Crippen LogP contribution in [0.3, 0.4) is 0 Å². The molecule has 0 aliphatic heterocycles. The zero-order valence-electron chi connectivity index (χ0n) is 11.6. The van der Waals surface area contributed by atoms with Crippen molar-refractivity contribution >= 4 is 21.4 Å². The lowest BCUT2D eigenvalue weighted by Crippen LogP contribution is -2.24. The van der Waals surface area contributed by atoms with Crippen molar-refractivity contribution < 1.29 is 12.8 Å². The van der Waals surface area contributed by atoms with Crippen molar-refractivity contribution in [1.82, 2.24) is 15.0 Å². The first kappa shape index (κ1) is 15.2. The highest BCUT2D eigenvalue weighted by atomic mass is 32.2. The van der Waals surface area contributed by atoms with E-state index >= 15 is 0 Å². The second-order valence-corrected chi connectivity index (χ2v) is 7.05. The SMILES string of the molecule is CNCc1sccc1S(=O)(=O)NCc1nc(C)c(C)o1. The molecule has 2 N–H and O–H groups in total. The number of rotatable bonds is 6. The molecule has 0 unspecified atom stereocenters. The third-order valence-electron chi connectivity index (χ3n) is 2.82. The van der Waals surface area contributed by atoms with Gasteiger partial charge in [0.1, 0.15) is 5.76 Å². The molecule has 2 heterocycles. The molecule has 0 aliphatic rings. The van der Waals surface area contributed by atoms with Crippen molar-refractivity contribution in [3.8, 4) is 0 Å². The van der Waals surface area contributed by atoms with E-state index < -0.39 is 10.0 Å². The van der Waals surface area contributed by atoms with Crippen molar-refractivity contribution in [3.05, 3.63) is 33.7 Å². The first-order chi connectivity index (χ1) is 9.44. The van der Waals surface area contributed by atoms with Crippen LogP contribution in [0.5, 0.6) is 0 Å². The fraction of sp³-hybridized carbons (Fsp3) is 0.417. The van der Waals surface area contributed by atoms with Gasteiger partial charge in [-0.05, 0) is 32.3 Å². The van der Waals surface area contributed by atoms with E-state index in [0.717, 1.165) is 10.6 Å². The van der Waals surface area contributed by atoms with Crippen LogP contribution >= 0.6 is 11.3 Å². The number of sulfonamides is 1. The third kappa shape index (κ3) is 3.26. The number of hydrogen-bond donors (Lipinski definition) is 2. The van der Waals surface area contributed by atoms with Gasteiger partial charge in [-0.25, -0.2) is 18.1 Å². The maximum atomic E-state index is 12.3. The summed E-state index contributed by atoms with van der Waals surface area (Å²) >= 11 is 1.41. The predicted molar refractivity (Wildman–Crippen MR) is 77.1 cm³/mol. The van der Waals surface area contributed by atoms with Crippen LogP contribution < -0.4 is 10.0 Å². The minimum absolute atomic E-state index is 0.0475. The smallest absolute Gasteiger partial charge is 0.242 e. The zero-order valence-corrected chi connectivity index (χ0v) is 13.2. The predicted octanol–water partition coefficient (Wildman–Crippen LogP) is 1.55. The van der Waals surface area contributed by atoms with Crippen LogP contribution in [0.15, 0.2) is 20.8 Å². The van der Waals surface area contributed by atoms with Crippen LogP contribution in [0.25, 0.3) is 0 Å². The van der Waals surface area contributed by atoms with Gasteiger partial charge in [0, 0.05) is 11.4 Å². The molecule has 0 saturated heterocycles. The Morgan fingerprint density at radius 2 is 2.10 bits per heavy atom. The molecular weight excluding hydrogens is 298 g/mol. The van der Waals surface area contributed by atoms with E-state index in [2.05, 4.69) is 15.0 Å². The fourth-order valence-electron chi connectivity index (χ4n) is 1.71. The molecular formula is C12H17N3O3S2. The molecule has 0 saturated carbocycles. The number of thiophene rings is 1. The van der Waals surface area contributed by atoms with E-state index in [1.165, 1.54) is 11.3 Å². The Balaban J connectivity index is 2.13. The van der Waals surface area contributed by atoms with Crippen molar-refractivity contribution in [2.75, 3.05) is 7.05 Å². The summed E-state index contributed by atoms with van der Waals surface area (Å²) in [5, 5.41) is 4.72. The second-order valence-electron chi connectivity index (χ2n) is 4.31. The monoisotopic (exact) mass is 315 g/mol. The average molecular weight is 315 g/mol. The summed E-state index contributed by atoms with van der Waals surface area (Å²) in [5.41, 5.74) is 0.769. The largest absolute Gasteiger partial charge is 0.444 e. The van der Waals surface area contributed by atoms with Gasteiger partial charge in [0.05, 0.1) is 17.1 Å². The Kier molecular flexibility index (Phi) is 4.59. The topological polar surface area (TPSA) is 84.2 Å². The van der Waals surface area contributed by atoms with E-state index in [1.54, 1.807) is 25.4 Å². The highest BCUT2D eigenvalue weighted by Gasteiger charge is 2.20. The lowest BCUT2D eigenvalue weighted by molar-refractivity contribution is 0.463. The van der Waals surface area contributed by atoms with E-state index in [4.69, 9.17) is 4.42 Å². The molecule has 0 fully saturated rings. The molecule has 0 atom stereocenters. The highest BCUT2D eigenvalue weighted by molar-refractivity contribution is 7.89. The van der Waals surface area contributed by atoms with Crippen molar-refractivity contribution in [2.24, 2.45) is 0 Å². The van der Waals surface area contributed by atoms with Gasteiger partial charge in [-0.3, -0.25) is 0 Å². The highest BCUT2D eigenvalue weighted by Crippen LogP contribution is 2.22. The maximum absolute atomic E-state index is 12.3. The Morgan fingerprint density at radius 3 is 2.70 bits per heavy atom. The molecule has 8 heteroatoms. The van der Waals surface area contributed by atoms with Gasteiger partial charge in [-0.2, -0.15) is 0 Å². The van der Waals surface area contributed by atoms with E-state index in [1.807, 2.05) is 6.92 Å². The molecule has 6 nitrogen and oxygen atoms in total. The molecule has 0 amide bonds. The molecule has 110 valence electrons. The van der Waals surface area contributed by atoms with Gasteiger partial charge in [-0.15, -0.1) is 11.3 Å². The van der Waals surface area contributed by atoms with Gasteiger partial charge in [-0.1, -0.05) is 0 Å². The quantitative estimate of drug-likeness (QED) is 0.845. The van der Waals surface area contributed by atoms with Crippen LogP contribution in [0.4, 0.5) is 0 Å². The number of aryl methyl sites for hydroxylation is 2. The van der Waals surface area contributed by atoms with Gasteiger partial charge in [0.15, 0.2) is 0 Å². The molecule has 2 rings (SSSR count).